The van der Waals surface area contributed by atoms with Gasteiger partial charge in [0.25, 0.3) is 0 Å². The summed E-state index contributed by atoms with van der Waals surface area (Å²) in [6.07, 6.45) is 42.1. The van der Waals surface area contributed by atoms with Gasteiger partial charge in [-0.25, -0.2) is 0 Å². The molecule has 11 nitrogen and oxygen atoms in total. The first-order valence-corrected chi connectivity index (χ1v) is 26.8. The summed E-state index contributed by atoms with van der Waals surface area (Å²) < 4.78 is 16.6. The summed E-state index contributed by atoms with van der Waals surface area (Å²) in [7, 11) is 0. The van der Waals surface area contributed by atoms with Crippen LogP contribution in [0, 0.1) is 0 Å². The van der Waals surface area contributed by atoms with Crippen molar-refractivity contribution in [3.8, 4) is 0 Å². The Kier molecular flexibility index (Phi) is 41.6. The van der Waals surface area contributed by atoms with Crippen molar-refractivity contribution in [1.29, 1.82) is 0 Å². The molecular weight excluding hydrogens is 823 g/mol. The predicted molar refractivity (Wildman–Crippen MR) is 264 cm³/mol. The molecule has 380 valence electrons. The van der Waals surface area contributed by atoms with E-state index in [0.29, 0.717) is 19.4 Å². The van der Waals surface area contributed by atoms with Crippen LogP contribution in [0.1, 0.15) is 232 Å². The van der Waals surface area contributed by atoms with E-state index in [1.807, 2.05) is 6.08 Å². The number of nitrogens with one attached hydrogen (secondary N) is 1. The summed E-state index contributed by atoms with van der Waals surface area (Å²) >= 11 is 0. The number of aliphatic hydroxyl groups excluding tert-OH is 5. The molecule has 11 heteroatoms. The summed E-state index contributed by atoms with van der Waals surface area (Å²) in [5.41, 5.74) is 0. The molecule has 0 saturated carbocycles. The number of ether oxygens (including phenoxy) is 3. The van der Waals surface area contributed by atoms with Gasteiger partial charge in [0.15, 0.2) is 6.29 Å². The summed E-state index contributed by atoms with van der Waals surface area (Å²) in [5, 5.41) is 54.2. The van der Waals surface area contributed by atoms with Crippen LogP contribution in [0.5, 0.6) is 0 Å². The third-order valence-corrected chi connectivity index (χ3v) is 12.5. The van der Waals surface area contributed by atoms with E-state index in [0.717, 1.165) is 83.5 Å². The molecule has 1 aliphatic rings. The fraction of sp³-hybridized carbons (Fsp3) is 0.852. The predicted octanol–water partition coefficient (Wildman–Crippen LogP) is 11.2. The standard InChI is InChI=1S/C54H99NO10/c1-3-5-7-9-11-13-15-17-21-24-28-32-36-40-47(57)46(45-64-54-53(62)52(61)51(60)48(44-56)65-54)55-49(58)41-37-33-29-25-22-18-16-19-23-27-31-35-39-43-63-50(59)42-38-34-30-26-20-14-12-10-8-6-4-2/h11,13,21,24,36,40,46-48,51-54,56-57,60-62H,3-10,12,14-20,22-23,25-35,37-39,41-45H2,1-2H3,(H,55,58)/b13-11+,24-21+,40-36+. The Morgan fingerprint density at radius 1 is 0.554 bits per heavy atom. The molecule has 7 unspecified atom stereocenters. The molecule has 1 aliphatic heterocycles. The highest BCUT2D eigenvalue weighted by molar-refractivity contribution is 5.76. The minimum Gasteiger partial charge on any atom is -0.466 e. The molecule has 0 aromatic carbocycles. The van der Waals surface area contributed by atoms with E-state index in [1.165, 1.54) is 122 Å². The number of carbonyl (C=O) groups excluding carboxylic acids is 2. The number of unbranched alkanes of at least 4 members (excludes halogenated alkanes) is 27. The van der Waals surface area contributed by atoms with Gasteiger partial charge in [-0.15, -0.1) is 0 Å². The topological polar surface area (TPSA) is 175 Å². The van der Waals surface area contributed by atoms with Crippen molar-refractivity contribution >= 4 is 11.9 Å². The van der Waals surface area contributed by atoms with E-state index in [1.54, 1.807) is 6.08 Å². The maximum absolute atomic E-state index is 13.0. The molecule has 1 saturated heterocycles. The van der Waals surface area contributed by atoms with Crippen molar-refractivity contribution < 1.29 is 49.3 Å². The van der Waals surface area contributed by atoms with E-state index < -0.39 is 49.5 Å². The van der Waals surface area contributed by atoms with Crippen LogP contribution in [0.4, 0.5) is 0 Å². The average Bonchev–Trinajstić information content (AvgIpc) is 3.30. The second-order valence-electron chi connectivity index (χ2n) is 18.6. The lowest BCUT2D eigenvalue weighted by Gasteiger charge is -2.40. The van der Waals surface area contributed by atoms with Gasteiger partial charge in [0, 0.05) is 12.8 Å². The monoisotopic (exact) mass is 922 g/mol. The van der Waals surface area contributed by atoms with Crippen molar-refractivity contribution in [3.05, 3.63) is 36.5 Å². The number of rotatable bonds is 45. The Balaban J connectivity index is 2.20. The number of hydrogen-bond donors (Lipinski definition) is 6. The van der Waals surface area contributed by atoms with Crippen molar-refractivity contribution in [2.24, 2.45) is 0 Å². The normalized spacial score (nSPS) is 20.0. The first-order chi connectivity index (χ1) is 31.7. The molecule has 0 aliphatic carbocycles. The lowest BCUT2D eigenvalue weighted by atomic mass is 9.99. The van der Waals surface area contributed by atoms with Gasteiger partial charge >= 0.3 is 5.97 Å². The van der Waals surface area contributed by atoms with Crippen LogP contribution >= 0.6 is 0 Å². The zero-order valence-electron chi connectivity index (χ0n) is 41.4. The van der Waals surface area contributed by atoms with Gasteiger partial charge in [-0.1, -0.05) is 198 Å². The van der Waals surface area contributed by atoms with Gasteiger partial charge in [-0.2, -0.15) is 0 Å². The minimum absolute atomic E-state index is 0.0302. The average molecular weight is 922 g/mol. The van der Waals surface area contributed by atoms with Crippen molar-refractivity contribution in [2.45, 2.75) is 275 Å². The van der Waals surface area contributed by atoms with Crippen molar-refractivity contribution in [3.63, 3.8) is 0 Å². The number of esters is 1. The zero-order chi connectivity index (χ0) is 47.4. The molecule has 0 radical (unpaired) electrons. The quantitative estimate of drug-likeness (QED) is 0.0196. The van der Waals surface area contributed by atoms with Crippen LogP contribution in [0.25, 0.3) is 0 Å². The molecule has 0 aromatic rings. The fourth-order valence-electron chi connectivity index (χ4n) is 8.17. The Bertz CT molecular complexity index is 1180. The van der Waals surface area contributed by atoms with E-state index >= 15 is 0 Å². The lowest BCUT2D eigenvalue weighted by Crippen LogP contribution is -2.60. The van der Waals surface area contributed by atoms with Crippen LogP contribution in [-0.2, 0) is 23.8 Å². The Labute approximate surface area is 396 Å². The lowest BCUT2D eigenvalue weighted by molar-refractivity contribution is -0.302. The summed E-state index contributed by atoms with van der Waals surface area (Å²) in [6.45, 7) is 4.23. The summed E-state index contributed by atoms with van der Waals surface area (Å²) in [5.74, 6) is -0.240. The highest BCUT2D eigenvalue weighted by Gasteiger charge is 2.44. The highest BCUT2D eigenvalue weighted by Crippen LogP contribution is 2.23. The van der Waals surface area contributed by atoms with Crippen LogP contribution in [0.3, 0.4) is 0 Å². The maximum atomic E-state index is 13.0. The number of hydrogen-bond acceptors (Lipinski definition) is 10. The van der Waals surface area contributed by atoms with E-state index in [4.69, 9.17) is 14.2 Å². The summed E-state index contributed by atoms with van der Waals surface area (Å²) in [4.78, 5) is 25.0. The smallest absolute Gasteiger partial charge is 0.305 e. The molecule has 65 heavy (non-hydrogen) atoms. The van der Waals surface area contributed by atoms with Gasteiger partial charge in [0.2, 0.25) is 5.91 Å². The van der Waals surface area contributed by atoms with Gasteiger partial charge in [-0.05, 0) is 57.8 Å². The maximum Gasteiger partial charge on any atom is 0.305 e. The van der Waals surface area contributed by atoms with E-state index in [2.05, 4.69) is 43.5 Å². The molecular formula is C54H99NO10. The van der Waals surface area contributed by atoms with Gasteiger partial charge in [0.05, 0.1) is 32.0 Å². The largest absolute Gasteiger partial charge is 0.466 e. The molecule has 1 rings (SSSR count). The number of aliphatic hydroxyl groups is 5. The molecule has 0 bridgehead atoms. The van der Waals surface area contributed by atoms with E-state index in [-0.39, 0.29) is 18.5 Å². The minimum atomic E-state index is -1.58. The molecule has 7 atom stereocenters. The second kappa shape index (κ2) is 44.4. The Hall–Kier alpha value is -2.12. The zero-order valence-corrected chi connectivity index (χ0v) is 41.4. The number of allylic oxidation sites excluding steroid dienone is 5. The third-order valence-electron chi connectivity index (χ3n) is 12.5. The highest BCUT2D eigenvalue weighted by atomic mass is 16.7. The molecule has 1 heterocycles. The molecule has 0 spiro atoms. The Morgan fingerprint density at radius 2 is 1.00 bits per heavy atom. The first-order valence-electron chi connectivity index (χ1n) is 26.8. The molecule has 0 aromatic heterocycles. The molecule has 1 amide bonds. The van der Waals surface area contributed by atoms with Crippen LogP contribution in [0.2, 0.25) is 0 Å². The number of carbonyl (C=O) groups is 2. The van der Waals surface area contributed by atoms with E-state index in [9.17, 15) is 35.1 Å². The Morgan fingerprint density at radius 3 is 1.52 bits per heavy atom. The first kappa shape index (κ1) is 60.9. The third kappa shape index (κ3) is 34.8. The van der Waals surface area contributed by atoms with Crippen molar-refractivity contribution in [2.75, 3.05) is 19.8 Å². The van der Waals surface area contributed by atoms with Gasteiger partial charge < -0.3 is 45.1 Å². The molecule has 1 fully saturated rings. The van der Waals surface area contributed by atoms with Crippen LogP contribution < -0.4 is 5.32 Å². The summed E-state index contributed by atoms with van der Waals surface area (Å²) in [6, 6.07) is -0.843. The van der Waals surface area contributed by atoms with Crippen LogP contribution in [0.15, 0.2) is 36.5 Å². The van der Waals surface area contributed by atoms with Crippen LogP contribution in [-0.4, -0.2) is 100 Å². The fourth-order valence-corrected chi connectivity index (χ4v) is 8.17. The van der Waals surface area contributed by atoms with Crippen molar-refractivity contribution in [1.82, 2.24) is 5.32 Å². The SMILES string of the molecule is CCCCC/C=C/CC/C=C/CC/C=C/C(O)C(COC1OC(CO)C(O)C(O)C1O)NC(=O)CCCCCCCCCCCCCCCOC(=O)CCCCCCCCCCCCC. The second-order valence-corrected chi connectivity index (χ2v) is 18.6. The van der Waals surface area contributed by atoms with Gasteiger partial charge in [0.1, 0.15) is 24.4 Å². The van der Waals surface area contributed by atoms with Gasteiger partial charge in [-0.3, -0.25) is 9.59 Å². The number of amides is 1. The molecule has 6 N–H and O–H groups in total.